The van der Waals surface area contributed by atoms with Crippen molar-refractivity contribution < 1.29 is 0 Å². The molecular weight excluding hydrogens is 252 g/mol. The minimum atomic E-state index is 0.557. The van der Waals surface area contributed by atoms with E-state index in [4.69, 9.17) is 0 Å². The zero-order chi connectivity index (χ0) is 13.7. The first-order valence-electron chi connectivity index (χ1n) is 7.70. The topological polar surface area (TPSA) is 15.3 Å². The molecule has 1 aliphatic rings. The van der Waals surface area contributed by atoms with Crippen LogP contribution in [0.15, 0.2) is 17.5 Å². The second kappa shape index (κ2) is 7.41. The van der Waals surface area contributed by atoms with Gasteiger partial charge in [-0.1, -0.05) is 26.8 Å². The van der Waals surface area contributed by atoms with E-state index in [1.807, 2.05) is 11.3 Å². The van der Waals surface area contributed by atoms with Crippen molar-refractivity contribution in [1.29, 1.82) is 0 Å². The van der Waals surface area contributed by atoms with Gasteiger partial charge >= 0.3 is 0 Å². The van der Waals surface area contributed by atoms with E-state index in [2.05, 4.69) is 48.5 Å². The lowest BCUT2D eigenvalue weighted by molar-refractivity contribution is 0.174. The summed E-state index contributed by atoms with van der Waals surface area (Å²) >= 11 is 1.88. The molecule has 0 amide bonds. The summed E-state index contributed by atoms with van der Waals surface area (Å²) in [7, 11) is 0. The average molecular weight is 280 g/mol. The van der Waals surface area contributed by atoms with Crippen LogP contribution in [0.1, 0.15) is 51.0 Å². The van der Waals surface area contributed by atoms with Crippen LogP contribution in [0, 0.1) is 5.92 Å². The predicted octanol–water partition coefficient (Wildman–Crippen LogP) is 3.91. The Labute approximate surface area is 122 Å². The Kier molecular flexibility index (Phi) is 5.86. The van der Waals surface area contributed by atoms with E-state index in [0.29, 0.717) is 12.1 Å². The van der Waals surface area contributed by atoms with Crippen molar-refractivity contribution in [2.45, 2.75) is 52.1 Å². The molecule has 0 aliphatic carbocycles. The fourth-order valence-corrected chi connectivity index (χ4v) is 3.84. The van der Waals surface area contributed by atoms with Gasteiger partial charge in [0.05, 0.1) is 0 Å². The summed E-state index contributed by atoms with van der Waals surface area (Å²) in [6.45, 7) is 10.7. The maximum atomic E-state index is 3.87. The SMILES string of the molecule is CCC(NC1CCN(CC(C)C)CC1)c1cccs1. The largest absolute Gasteiger partial charge is 0.306 e. The lowest BCUT2D eigenvalue weighted by Crippen LogP contribution is -2.44. The Morgan fingerprint density at radius 1 is 1.37 bits per heavy atom. The van der Waals surface area contributed by atoms with E-state index in [1.54, 1.807) is 0 Å². The Balaban J connectivity index is 1.78. The van der Waals surface area contributed by atoms with Gasteiger partial charge in [0.25, 0.3) is 0 Å². The van der Waals surface area contributed by atoms with Gasteiger partial charge in [0, 0.05) is 23.5 Å². The standard InChI is InChI=1S/C16H28N2S/c1-4-15(16-6-5-11-19-16)17-14-7-9-18(10-8-14)12-13(2)3/h5-6,11,13-15,17H,4,7-10,12H2,1-3H3. The van der Waals surface area contributed by atoms with E-state index < -0.39 is 0 Å². The third kappa shape index (κ3) is 4.59. The molecule has 0 radical (unpaired) electrons. The van der Waals surface area contributed by atoms with Gasteiger partial charge in [-0.25, -0.2) is 0 Å². The molecule has 2 nitrogen and oxygen atoms in total. The van der Waals surface area contributed by atoms with Gasteiger partial charge in [-0.05, 0) is 49.7 Å². The first-order valence-corrected chi connectivity index (χ1v) is 8.58. The zero-order valence-electron chi connectivity index (χ0n) is 12.6. The van der Waals surface area contributed by atoms with Crippen LogP contribution >= 0.6 is 11.3 Å². The Bertz CT molecular complexity index is 340. The zero-order valence-corrected chi connectivity index (χ0v) is 13.4. The van der Waals surface area contributed by atoms with Crippen LogP contribution in [0.25, 0.3) is 0 Å². The molecule has 3 heteroatoms. The number of rotatable bonds is 6. The molecule has 0 aromatic carbocycles. The second-order valence-corrected chi connectivity index (χ2v) is 7.09. The van der Waals surface area contributed by atoms with Crippen molar-refractivity contribution in [3.05, 3.63) is 22.4 Å². The van der Waals surface area contributed by atoms with Gasteiger partial charge in [0.1, 0.15) is 0 Å². The molecule has 1 aromatic rings. The van der Waals surface area contributed by atoms with Crippen LogP contribution in [0.5, 0.6) is 0 Å². The fourth-order valence-electron chi connectivity index (χ4n) is 2.97. The van der Waals surface area contributed by atoms with Gasteiger partial charge in [-0.2, -0.15) is 0 Å². The molecule has 108 valence electrons. The van der Waals surface area contributed by atoms with Crippen molar-refractivity contribution in [2.75, 3.05) is 19.6 Å². The molecule has 0 bridgehead atoms. The molecule has 0 spiro atoms. The van der Waals surface area contributed by atoms with Crippen molar-refractivity contribution in [3.8, 4) is 0 Å². The molecule has 1 fully saturated rings. The summed E-state index contributed by atoms with van der Waals surface area (Å²) in [5.41, 5.74) is 0. The third-order valence-electron chi connectivity index (χ3n) is 3.94. The van der Waals surface area contributed by atoms with Crippen LogP contribution < -0.4 is 5.32 Å². The van der Waals surface area contributed by atoms with E-state index in [0.717, 1.165) is 5.92 Å². The smallest absolute Gasteiger partial charge is 0.0414 e. The highest BCUT2D eigenvalue weighted by Crippen LogP contribution is 2.24. The highest BCUT2D eigenvalue weighted by Gasteiger charge is 2.22. The molecule has 1 atom stereocenters. The number of thiophene rings is 1. The van der Waals surface area contributed by atoms with Gasteiger partial charge in [-0.3, -0.25) is 0 Å². The van der Waals surface area contributed by atoms with Crippen molar-refractivity contribution in [2.24, 2.45) is 5.92 Å². The Morgan fingerprint density at radius 2 is 2.11 bits per heavy atom. The fraction of sp³-hybridized carbons (Fsp3) is 0.750. The van der Waals surface area contributed by atoms with E-state index in [9.17, 15) is 0 Å². The number of likely N-dealkylation sites (tertiary alicyclic amines) is 1. The minimum absolute atomic E-state index is 0.557. The molecule has 0 saturated carbocycles. The number of hydrogen-bond donors (Lipinski definition) is 1. The maximum Gasteiger partial charge on any atom is 0.0414 e. The van der Waals surface area contributed by atoms with Crippen LogP contribution in [0.2, 0.25) is 0 Å². The summed E-state index contributed by atoms with van der Waals surface area (Å²) in [4.78, 5) is 4.11. The van der Waals surface area contributed by atoms with Crippen LogP contribution in [0.4, 0.5) is 0 Å². The van der Waals surface area contributed by atoms with E-state index >= 15 is 0 Å². The van der Waals surface area contributed by atoms with Crippen LogP contribution in [-0.2, 0) is 0 Å². The summed E-state index contributed by atoms with van der Waals surface area (Å²) in [5.74, 6) is 0.791. The van der Waals surface area contributed by atoms with Crippen molar-refractivity contribution in [1.82, 2.24) is 10.2 Å². The van der Waals surface area contributed by atoms with Gasteiger partial charge < -0.3 is 10.2 Å². The highest BCUT2D eigenvalue weighted by molar-refractivity contribution is 7.10. The second-order valence-electron chi connectivity index (χ2n) is 6.11. The molecule has 2 heterocycles. The number of piperidine rings is 1. The molecule has 2 rings (SSSR count). The van der Waals surface area contributed by atoms with E-state index in [-0.39, 0.29) is 0 Å². The number of nitrogens with zero attached hydrogens (tertiary/aromatic N) is 1. The third-order valence-corrected chi connectivity index (χ3v) is 4.93. The Morgan fingerprint density at radius 3 is 2.63 bits per heavy atom. The van der Waals surface area contributed by atoms with Crippen LogP contribution in [0.3, 0.4) is 0 Å². The minimum Gasteiger partial charge on any atom is -0.306 e. The summed E-state index contributed by atoms with van der Waals surface area (Å²) in [5, 5.41) is 6.05. The molecular formula is C16H28N2S. The van der Waals surface area contributed by atoms with Gasteiger partial charge in [0.2, 0.25) is 0 Å². The molecule has 1 aliphatic heterocycles. The average Bonchev–Trinajstić information content (AvgIpc) is 2.91. The summed E-state index contributed by atoms with van der Waals surface area (Å²) in [6, 6.07) is 5.69. The molecule has 1 unspecified atom stereocenters. The van der Waals surface area contributed by atoms with Crippen molar-refractivity contribution in [3.63, 3.8) is 0 Å². The summed E-state index contributed by atoms with van der Waals surface area (Å²) < 4.78 is 0. The number of hydrogen-bond acceptors (Lipinski definition) is 3. The molecule has 19 heavy (non-hydrogen) atoms. The monoisotopic (exact) mass is 280 g/mol. The lowest BCUT2D eigenvalue weighted by Gasteiger charge is -2.35. The molecule has 1 aromatic heterocycles. The number of nitrogens with one attached hydrogen (secondary N) is 1. The van der Waals surface area contributed by atoms with Crippen LogP contribution in [-0.4, -0.2) is 30.6 Å². The first-order chi connectivity index (χ1) is 9.19. The predicted molar refractivity (Wildman–Crippen MR) is 84.8 cm³/mol. The first kappa shape index (κ1) is 15.0. The van der Waals surface area contributed by atoms with Crippen molar-refractivity contribution >= 4 is 11.3 Å². The Hall–Kier alpha value is -0.380. The highest BCUT2D eigenvalue weighted by atomic mass is 32.1. The maximum absolute atomic E-state index is 3.87. The van der Waals surface area contributed by atoms with Gasteiger partial charge in [-0.15, -0.1) is 11.3 Å². The quantitative estimate of drug-likeness (QED) is 0.850. The van der Waals surface area contributed by atoms with E-state index in [1.165, 1.54) is 43.8 Å². The van der Waals surface area contributed by atoms with Gasteiger partial charge in [0.15, 0.2) is 0 Å². The normalized spacial score (nSPS) is 20.0. The summed E-state index contributed by atoms with van der Waals surface area (Å²) in [6.07, 6.45) is 3.79. The molecule has 1 saturated heterocycles. The molecule has 1 N–H and O–H groups in total. The lowest BCUT2D eigenvalue weighted by atomic mass is 10.0.